The molecule has 8 bridgehead atoms. The molecule has 0 spiro atoms. The van der Waals surface area contributed by atoms with E-state index in [0.29, 0.717) is 19.7 Å². The molecule has 6 aromatic carbocycles. The summed E-state index contributed by atoms with van der Waals surface area (Å²) in [5.74, 6) is 1.83. The van der Waals surface area contributed by atoms with Gasteiger partial charge in [0.2, 0.25) is 0 Å². The van der Waals surface area contributed by atoms with Crippen molar-refractivity contribution in [2.75, 3.05) is 26.4 Å². The van der Waals surface area contributed by atoms with Gasteiger partial charge in [0.25, 0.3) is 0 Å². The Morgan fingerprint density at radius 2 is 0.721 bits per heavy atom. The highest BCUT2D eigenvalue weighted by Gasteiger charge is 2.99. The zero-order chi connectivity index (χ0) is 41.4. The number of nitrogens with zero attached hydrogens (tertiary/aromatic N) is 2. The standard InChI is InChI=1S/C53H52N2O6/c56-32-50-44(39-15-7-2-8-16-39)51(33-57)47-53(35-59)45(40-17-9-3-10-18-40)52(34-58,46(50)54(47)29-36-21-25-41(26-22-36)60-31-38-13-5-1-6-14-38)48(50)55(49(51)53)30-37-23-27-43(28-24-37)61-42-19-11-4-12-20-42/h1-28,44-49,56-59H,29-35H2. The number of piperidine rings is 4. The molecule has 8 heteroatoms. The van der Waals surface area contributed by atoms with E-state index in [9.17, 15) is 20.4 Å². The fourth-order valence-electron chi connectivity index (χ4n) is 14.5. The first kappa shape index (κ1) is 38.6. The van der Waals surface area contributed by atoms with E-state index in [2.05, 4.69) is 94.7 Å². The summed E-state index contributed by atoms with van der Waals surface area (Å²) in [7, 11) is 0. The summed E-state index contributed by atoms with van der Waals surface area (Å²) in [5, 5.41) is 49.2. The Kier molecular flexibility index (Phi) is 9.27. The number of benzene rings is 6. The van der Waals surface area contributed by atoms with Gasteiger partial charge in [-0.2, -0.15) is 0 Å². The molecule has 0 amide bonds. The number of rotatable bonds is 15. The number of hydrogen-bond acceptors (Lipinski definition) is 8. The van der Waals surface area contributed by atoms with Crippen molar-refractivity contribution in [3.63, 3.8) is 0 Å². The minimum atomic E-state index is -0.760. The highest BCUT2D eigenvalue weighted by atomic mass is 16.5. The molecule has 2 aliphatic carbocycles. The average molecular weight is 813 g/mol. The van der Waals surface area contributed by atoms with Crippen molar-refractivity contribution in [3.05, 3.63) is 198 Å². The van der Waals surface area contributed by atoms with Crippen LogP contribution >= 0.6 is 0 Å². The van der Waals surface area contributed by atoms with Gasteiger partial charge in [0.15, 0.2) is 0 Å². The Morgan fingerprint density at radius 1 is 0.377 bits per heavy atom. The highest BCUT2D eigenvalue weighted by molar-refractivity contribution is 5.57. The first-order valence-corrected chi connectivity index (χ1v) is 21.6. The topological polar surface area (TPSA) is 106 Å². The van der Waals surface area contributed by atoms with Gasteiger partial charge in [0.05, 0.1) is 26.4 Å². The normalized spacial score (nSPS) is 32.9. The SMILES string of the molecule is OCC12C(c3ccccc3)C3(CO)C4N(Cc5ccc(OCc6ccccc6)cc5)C1C1(CO)C(c5ccccc5)C4(CO)C3N(Cc3ccc(Oc4ccccc4)cc3)C21. The van der Waals surface area contributed by atoms with Crippen molar-refractivity contribution < 1.29 is 29.9 Å². The van der Waals surface area contributed by atoms with Gasteiger partial charge in [-0.1, -0.05) is 133 Å². The molecule has 4 saturated heterocycles. The molecule has 4 aliphatic heterocycles. The van der Waals surface area contributed by atoms with Crippen molar-refractivity contribution in [1.29, 1.82) is 0 Å². The number of aliphatic hydroxyl groups is 4. The summed E-state index contributed by atoms with van der Waals surface area (Å²) in [5.41, 5.74) is 2.38. The molecule has 0 radical (unpaired) electrons. The van der Waals surface area contributed by atoms with Crippen LogP contribution in [0.15, 0.2) is 170 Å². The maximum absolute atomic E-state index is 12.3. The first-order valence-electron chi connectivity index (χ1n) is 21.6. The molecule has 310 valence electrons. The van der Waals surface area contributed by atoms with Crippen LogP contribution in [-0.2, 0) is 19.7 Å². The van der Waals surface area contributed by atoms with Crippen LogP contribution in [0.25, 0.3) is 0 Å². The van der Waals surface area contributed by atoms with Crippen LogP contribution in [0.2, 0.25) is 0 Å². The summed E-state index contributed by atoms with van der Waals surface area (Å²) in [6.45, 7) is 1.04. The van der Waals surface area contributed by atoms with E-state index in [-0.39, 0.29) is 62.4 Å². The third kappa shape index (κ3) is 5.15. The molecule has 6 aliphatic rings. The van der Waals surface area contributed by atoms with E-state index in [4.69, 9.17) is 9.47 Å². The van der Waals surface area contributed by atoms with Crippen molar-refractivity contribution >= 4 is 0 Å². The molecule has 6 fully saturated rings. The van der Waals surface area contributed by atoms with Crippen LogP contribution in [-0.4, -0.2) is 80.8 Å². The second-order valence-electron chi connectivity index (χ2n) is 18.2. The lowest BCUT2D eigenvalue weighted by molar-refractivity contribution is -0.493. The molecule has 4 N–H and O–H groups in total. The van der Waals surface area contributed by atoms with E-state index in [1.807, 2.05) is 84.9 Å². The molecular formula is C53H52N2O6. The quantitative estimate of drug-likeness (QED) is 0.0852. The summed E-state index contributed by atoms with van der Waals surface area (Å²) in [6.07, 6.45) is 0. The molecule has 8 nitrogen and oxygen atoms in total. The van der Waals surface area contributed by atoms with Crippen molar-refractivity contribution in [2.24, 2.45) is 21.7 Å². The van der Waals surface area contributed by atoms with Gasteiger partial charge in [0, 0.05) is 70.8 Å². The van der Waals surface area contributed by atoms with E-state index in [1.54, 1.807) is 0 Å². The monoisotopic (exact) mass is 812 g/mol. The zero-order valence-corrected chi connectivity index (χ0v) is 34.1. The van der Waals surface area contributed by atoms with Gasteiger partial charge in [-0.3, -0.25) is 9.80 Å². The number of hydrogen-bond donors (Lipinski definition) is 4. The Balaban J connectivity index is 1.04. The fraction of sp³-hybridized carbons (Fsp3) is 0.321. The lowest BCUT2D eigenvalue weighted by Gasteiger charge is -2.98. The van der Waals surface area contributed by atoms with Gasteiger partial charge in [-0.15, -0.1) is 0 Å². The van der Waals surface area contributed by atoms with Crippen molar-refractivity contribution in [2.45, 2.75) is 55.7 Å². The maximum atomic E-state index is 12.3. The van der Waals surface area contributed by atoms with Crippen LogP contribution in [0, 0.1) is 21.7 Å². The average Bonchev–Trinajstić information content (AvgIpc) is 3.30. The van der Waals surface area contributed by atoms with Crippen LogP contribution in [0.4, 0.5) is 0 Å². The summed E-state index contributed by atoms with van der Waals surface area (Å²) >= 11 is 0. The molecule has 61 heavy (non-hydrogen) atoms. The number of ether oxygens (including phenoxy) is 2. The van der Waals surface area contributed by atoms with Crippen molar-refractivity contribution in [1.82, 2.24) is 9.80 Å². The Morgan fingerprint density at radius 3 is 1.11 bits per heavy atom. The van der Waals surface area contributed by atoms with Crippen LogP contribution in [0.1, 0.15) is 39.7 Å². The van der Waals surface area contributed by atoms with Gasteiger partial charge < -0.3 is 29.9 Å². The Labute approximate surface area is 357 Å². The predicted octanol–water partition coefficient (Wildman–Crippen LogP) is 7.39. The maximum Gasteiger partial charge on any atom is 0.127 e. The van der Waals surface area contributed by atoms with E-state index < -0.39 is 21.7 Å². The molecule has 0 aromatic heterocycles. The Hall–Kier alpha value is -5.32. The van der Waals surface area contributed by atoms with Crippen LogP contribution < -0.4 is 9.47 Å². The van der Waals surface area contributed by atoms with Gasteiger partial charge in [-0.25, -0.2) is 0 Å². The summed E-state index contributed by atoms with van der Waals surface area (Å²) < 4.78 is 12.3. The van der Waals surface area contributed by atoms with Gasteiger partial charge in [-0.05, 0) is 64.2 Å². The molecule has 12 rings (SSSR count). The van der Waals surface area contributed by atoms with Gasteiger partial charge >= 0.3 is 0 Å². The largest absolute Gasteiger partial charge is 0.489 e. The second kappa shape index (κ2) is 14.7. The fourth-order valence-corrected chi connectivity index (χ4v) is 14.5. The van der Waals surface area contributed by atoms with E-state index in [1.165, 1.54) is 0 Å². The molecular weight excluding hydrogens is 761 g/mol. The van der Waals surface area contributed by atoms with E-state index >= 15 is 0 Å². The predicted molar refractivity (Wildman–Crippen MR) is 233 cm³/mol. The van der Waals surface area contributed by atoms with E-state index in [0.717, 1.165) is 45.1 Å². The molecule has 4 unspecified atom stereocenters. The molecule has 4 atom stereocenters. The lowest BCUT2D eigenvalue weighted by Crippen LogP contribution is -3.07. The first-order chi connectivity index (χ1) is 30.0. The third-order valence-corrected chi connectivity index (χ3v) is 15.7. The minimum Gasteiger partial charge on any atom is -0.489 e. The zero-order valence-electron chi connectivity index (χ0n) is 34.1. The van der Waals surface area contributed by atoms with Crippen LogP contribution in [0.5, 0.6) is 17.2 Å². The van der Waals surface area contributed by atoms with Crippen LogP contribution in [0.3, 0.4) is 0 Å². The van der Waals surface area contributed by atoms with Crippen molar-refractivity contribution in [3.8, 4) is 17.2 Å². The minimum absolute atomic E-state index is 0.123. The smallest absolute Gasteiger partial charge is 0.127 e. The number of para-hydroxylation sites is 1. The summed E-state index contributed by atoms with van der Waals surface area (Å²) in [6, 6.07) is 56.0. The molecule has 2 saturated carbocycles. The lowest BCUT2D eigenvalue weighted by atomic mass is 9.16. The Bertz CT molecular complexity index is 2350. The highest BCUT2D eigenvalue weighted by Crippen LogP contribution is 2.91. The third-order valence-electron chi connectivity index (χ3n) is 15.7. The molecule has 4 heterocycles. The number of aliphatic hydroxyl groups excluding tert-OH is 4. The van der Waals surface area contributed by atoms with Gasteiger partial charge in [0.1, 0.15) is 23.9 Å². The molecule has 6 aromatic rings. The second-order valence-corrected chi connectivity index (χ2v) is 18.2. The summed E-state index contributed by atoms with van der Waals surface area (Å²) in [4.78, 5) is 5.02.